The lowest BCUT2D eigenvalue weighted by Gasteiger charge is -2.40. The quantitative estimate of drug-likeness (QED) is 0.807. The molecule has 0 saturated carbocycles. The molecule has 0 amide bonds. The number of piperidine rings is 1. The van der Waals surface area contributed by atoms with E-state index in [0.717, 1.165) is 31.6 Å². The van der Waals surface area contributed by atoms with E-state index in [9.17, 15) is 0 Å². The molecule has 0 bridgehead atoms. The van der Waals surface area contributed by atoms with Gasteiger partial charge in [-0.25, -0.2) is 0 Å². The second-order valence-electron chi connectivity index (χ2n) is 6.47. The summed E-state index contributed by atoms with van der Waals surface area (Å²) in [5, 5.41) is 3.36. The molecular weight excluding hydrogens is 212 g/mol. The number of nitrogens with one attached hydrogen (secondary N) is 1. The number of nitrogens with zero attached hydrogens (tertiary/aromatic N) is 1. The molecule has 2 aliphatic rings. The molecule has 0 aliphatic carbocycles. The van der Waals surface area contributed by atoms with E-state index in [1.165, 1.54) is 32.5 Å². The van der Waals surface area contributed by atoms with E-state index in [-0.39, 0.29) is 0 Å². The summed E-state index contributed by atoms with van der Waals surface area (Å²) in [6, 6.07) is 0. The summed E-state index contributed by atoms with van der Waals surface area (Å²) in [5.74, 6) is 1.71. The Bertz CT molecular complexity index is 228. The van der Waals surface area contributed by atoms with Crippen LogP contribution in [-0.2, 0) is 4.74 Å². The first-order valence-corrected chi connectivity index (χ1v) is 7.08. The fourth-order valence-corrected chi connectivity index (χ4v) is 3.74. The number of ether oxygens (including phenoxy) is 1. The van der Waals surface area contributed by atoms with Crippen LogP contribution in [0.5, 0.6) is 0 Å². The molecule has 3 heteroatoms. The lowest BCUT2D eigenvalue weighted by Crippen LogP contribution is -2.48. The highest BCUT2D eigenvalue weighted by Gasteiger charge is 2.37. The summed E-state index contributed by atoms with van der Waals surface area (Å²) >= 11 is 0. The van der Waals surface area contributed by atoms with Gasteiger partial charge in [-0.1, -0.05) is 13.8 Å². The van der Waals surface area contributed by atoms with Crippen molar-refractivity contribution in [2.45, 2.75) is 26.7 Å². The Morgan fingerprint density at radius 1 is 1.29 bits per heavy atom. The zero-order valence-corrected chi connectivity index (χ0v) is 11.7. The van der Waals surface area contributed by atoms with Crippen molar-refractivity contribution in [2.75, 3.05) is 46.4 Å². The van der Waals surface area contributed by atoms with Gasteiger partial charge in [0, 0.05) is 38.2 Å². The van der Waals surface area contributed by atoms with Crippen LogP contribution < -0.4 is 5.32 Å². The first-order chi connectivity index (χ1) is 8.13. The monoisotopic (exact) mass is 240 g/mol. The minimum Gasteiger partial charge on any atom is -0.381 e. The standard InChI is InChI=1S/C14H28N2O/c1-12-6-13(2)8-16(7-12)10-14(9-15-3)4-5-17-11-14/h12-13,15H,4-11H2,1-3H3. The maximum atomic E-state index is 5.64. The van der Waals surface area contributed by atoms with Crippen LogP contribution in [0.25, 0.3) is 0 Å². The third-order valence-electron chi connectivity index (χ3n) is 4.24. The molecule has 0 spiro atoms. The van der Waals surface area contributed by atoms with Gasteiger partial charge in [-0.15, -0.1) is 0 Å². The number of hydrogen-bond acceptors (Lipinski definition) is 3. The van der Waals surface area contributed by atoms with Crippen molar-refractivity contribution in [3.05, 3.63) is 0 Å². The minimum absolute atomic E-state index is 0.367. The van der Waals surface area contributed by atoms with Gasteiger partial charge >= 0.3 is 0 Å². The molecule has 2 rings (SSSR count). The first kappa shape index (κ1) is 13.3. The average Bonchev–Trinajstić information content (AvgIpc) is 2.65. The van der Waals surface area contributed by atoms with Crippen molar-refractivity contribution >= 4 is 0 Å². The highest BCUT2D eigenvalue weighted by molar-refractivity contribution is 4.89. The van der Waals surface area contributed by atoms with Gasteiger partial charge in [-0.3, -0.25) is 0 Å². The summed E-state index contributed by atoms with van der Waals surface area (Å²) in [6.07, 6.45) is 2.61. The lowest BCUT2D eigenvalue weighted by atomic mass is 9.84. The summed E-state index contributed by atoms with van der Waals surface area (Å²) in [6.45, 7) is 11.5. The van der Waals surface area contributed by atoms with Crippen LogP contribution in [0.3, 0.4) is 0 Å². The van der Waals surface area contributed by atoms with Gasteiger partial charge in [0.1, 0.15) is 0 Å². The van der Waals surface area contributed by atoms with E-state index >= 15 is 0 Å². The van der Waals surface area contributed by atoms with Crippen molar-refractivity contribution in [1.29, 1.82) is 0 Å². The van der Waals surface area contributed by atoms with Gasteiger partial charge in [0.05, 0.1) is 6.61 Å². The second kappa shape index (κ2) is 5.68. The van der Waals surface area contributed by atoms with Gasteiger partial charge < -0.3 is 15.0 Å². The van der Waals surface area contributed by atoms with Gasteiger partial charge in [0.25, 0.3) is 0 Å². The molecule has 1 N–H and O–H groups in total. The molecule has 0 aromatic rings. The summed E-state index contributed by atoms with van der Waals surface area (Å²) in [5.41, 5.74) is 0.367. The topological polar surface area (TPSA) is 24.5 Å². The molecule has 2 heterocycles. The van der Waals surface area contributed by atoms with Crippen LogP contribution in [0.1, 0.15) is 26.7 Å². The van der Waals surface area contributed by atoms with Crippen molar-refractivity contribution < 1.29 is 4.74 Å². The highest BCUT2D eigenvalue weighted by Crippen LogP contribution is 2.31. The predicted molar refractivity (Wildman–Crippen MR) is 71.2 cm³/mol. The van der Waals surface area contributed by atoms with Crippen LogP contribution in [0.15, 0.2) is 0 Å². The van der Waals surface area contributed by atoms with E-state index in [1.807, 2.05) is 0 Å². The van der Waals surface area contributed by atoms with E-state index in [1.54, 1.807) is 0 Å². The molecule has 2 fully saturated rings. The molecule has 17 heavy (non-hydrogen) atoms. The largest absolute Gasteiger partial charge is 0.381 e. The first-order valence-electron chi connectivity index (χ1n) is 7.08. The van der Waals surface area contributed by atoms with Crippen LogP contribution in [-0.4, -0.2) is 51.3 Å². The molecule has 3 unspecified atom stereocenters. The predicted octanol–water partition coefficient (Wildman–Crippen LogP) is 1.59. The Balaban J connectivity index is 1.93. The Morgan fingerprint density at radius 3 is 2.53 bits per heavy atom. The van der Waals surface area contributed by atoms with Crippen LogP contribution in [0, 0.1) is 17.3 Å². The second-order valence-corrected chi connectivity index (χ2v) is 6.47. The Morgan fingerprint density at radius 2 is 2.00 bits per heavy atom. The summed E-state index contributed by atoms with van der Waals surface area (Å²) < 4.78 is 5.64. The van der Waals surface area contributed by atoms with E-state index < -0.39 is 0 Å². The smallest absolute Gasteiger partial charge is 0.0547 e. The Hall–Kier alpha value is -0.120. The van der Waals surface area contributed by atoms with Crippen LogP contribution >= 0.6 is 0 Å². The van der Waals surface area contributed by atoms with E-state index in [4.69, 9.17) is 4.74 Å². The Labute approximate surface area is 106 Å². The normalized spacial score (nSPS) is 39.7. The molecule has 0 radical (unpaired) electrons. The number of rotatable bonds is 4. The third-order valence-corrected chi connectivity index (χ3v) is 4.24. The summed E-state index contributed by atoms with van der Waals surface area (Å²) in [4.78, 5) is 2.67. The molecule has 3 atom stereocenters. The maximum Gasteiger partial charge on any atom is 0.0547 e. The van der Waals surface area contributed by atoms with Crippen LogP contribution in [0.4, 0.5) is 0 Å². The van der Waals surface area contributed by atoms with Crippen molar-refractivity contribution in [1.82, 2.24) is 10.2 Å². The molecule has 0 aromatic heterocycles. The zero-order chi connectivity index (χ0) is 12.3. The molecule has 3 nitrogen and oxygen atoms in total. The zero-order valence-electron chi connectivity index (χ0n) is 11.7. The fourth-order valence-electron chi connectivity index (χ4n) is 3.74. The number of hydrogen-bond donors (Lipinski definition) is 1. The number of likely N-dealkylation sites (tertiary alicyclic amines) is 1. The Kier molecular flexibility index (Phi) is 4.45. The van der Waals surface area contributed by atoms with Crippen molar-refractivity contribution in [3.8, 4) is 0 Å². The molecule has 0 aromatic carbocycles. The average molecular weight is 240 g/mol. The minimum atomic E-state index is 0.367. The van der Waals surface area contributed by atoms with E-state index in [2.05, 4.69) is 31.1 Å². The molecule has 2 saturated heterocycles. The van der Waals surface area contributed by atoms with Crippen molar-refractivity contribution in [3.63, 3.8) is 0 Å². The van der Waals surface area contributed by atoms with Crippen molar-refractivity contribution in [2.24, 2.45) is 17.3 Å². The fraction of sp³-hybridized carbons (Fsp3) is 1.00. The maximum absolute atomic E-state index is 5.64. The van der Waals surface area contributed by atoms with Gasteiger partial charge in [-0.05, 0) is 31.7 Å². The summed E-state index contributed by atoms with van der Waals surface area (Å²) in [7, 11) is 2.06. The molecular formula is C14H28N2O. The van der Waals surface area contributed by atoms with Gasteiger partial charge in [0.15, 0.2) is 0 Å². The molecule has 100 valence electrons. The van der Waals surface area contributed by atoms with Gasteiger partial charge in [-0.2, -0.15) is 0 Å². The lowest BCUT2D eigenvalue weighted by molar-refractivity contribution is 0.0693. The molecule has 2 aliphatic heterocycles. The highest BCUT2D eigenvalue weighted by atomic mass is 16.5. The van der Waals surface area contributed by atoms with Crippen LogP contribution in [0.2, 0.25) is 0 Å². The van der Waals surface area contributed by atoms with E-state index in [0.29, 0.717) is 5.41 Å². The van der Waals surface area contributed by atoms with Gasteiger partial charge in [0.2, 0.25) is 0 Å². The SMILES string of the molecule is CNCC1(CN2CC(C)CC(C)C2)CCOC1. The third kappa shape index (κ3) is 3.43.